The average Bonchev–Trinajstić information content (AvgIpc) is 3.60. The molecule has 0 saturated carbocycles. The number of hydrogen-bond donors (Lipinski definition) is 0. The zero-order valence-electron chi connectivity index (χ0n) is 25.4. The van der Waals surface area contributed by atoms with E-state index in [2.05, 4.69) is 163 Å². The van der Waals surface area contributed by atoms with Crippen molar-refractivity contribution in [1.29, 1.82) is 0 Å². The zero-order chi connectivity index (χ0) is 28.5. The fourth-order valence-electron chi connectivity index (χ4n) is 5.59. The van der Waals surface area contributed by atoms with E-state index in [1.807, 2.05) is 0 Å². The number of halogens is 2. The van der Waals surface area contributed by atoms with Gasteiger partial charge in [-0.05, 0) is 16.7 Å². The van der Waals surface area contributed by atoms with Crippen molar-refractivity contribution < 1.29 is 49.0 Å². The molecule has 0 bridgehead atoms. The Bertz CT molecular complexity index is 1660. The van der Waals surface area contributed by atoms with Crippen molar-refractivity contribution in [3.8, 4) is 0 Å². The van der Waals surface area contributed by atoms with Gasteiger partial charge in [-0.25, -0.2) is 0 Å². The fourth-order valence-corrected chi connectivity index (χ4v) is 6.41. The summed E-state index contributed by atoms with van der Waals surface area (Å²) in [6, 6.07) is 35.2. The maximum absolute atomic E-state index is 2.42. The Morgan fingerprint density at radius 2 is 1.17 bits per heavy atom. The van der Waals surface area contributed by atoms with Crippen LogP contribution in [-0.4, -0.2) is 3.21 Å². The van der Waals surface area contributed by atoms with Gasteiger partial charge >= 0.3 is 99.2 Å². The van der Waals surface area contributed by atoms with Gasteiger partial charge in [0.15, 0.2) is 0 Å². The van der Waals surface area contributed by atoms with Crippen molar-refractivity contribution in [2.24, 2.45) is 0 Å². The van der Waals surface area contributed by atoms with Crippen LogP contribution in [0.25, 0.3) is 21.5 Å². The van der Waals surface area contributed by atoms with E-state index in [1.54, 1.807) is 0 Å². The van der Waals surface area contributed by atoms with Crippen molar-refractivity contribution in [1.82, 2.24) is 0 Å². The standard InChI is InChI=1S/C26H29.C13H10.2ClH.Zr/c1-25(2,3)19-11-12-20-18(15-19)16-22-21(20)13-14-23(26(4,5)6)24(22)17-9-7-8-10-17;1-3-7-12(8-4-1)11-13-9-5-2-6-10-13;;;/h7-17H,1-6H3;1-10H;2*1H;/q-1;;;;+2/p-2. The Morgan fingerprint density at radius 3 is 1.67 bits per heavy atom. The normalized spacial score (nSPS) is 13.0. The van der Waals surface area contributed by atoms with Crippen molar-refractivity contribution in [3.63, 3.8) is 0 Å². The first-order valence-electron chi connectivity index (χ1n) is 14.3. The molecule has 0 atom stereocenters. The molecule has 5 aromatic rings. The third kappa shape index (κ3) is 7.37. The van der Waals surface area contributed by atoms with Gasteiger partial charge in [0.25, 0.3) is 0 Å². The van der Waals surface area contributed by atoms with Crippen molar-refractivity contribution in [2.75, 3.05) is 0 Å². The second-order valence-electron chi connectivity index (χ2n) is 12.8. The second-order valence-corrected chi connectivity index (χ2v) is 14.1. The molecule has 0 spiro atoms. The molecule has 0 unspecified atom stereocenters. The molecule has 214 valence electrons. The van der Waals surface area contributed by atoms with E-state index in [-0.39, 0.29) is 35.6 Å². The second kappa shape index (κ2) is 13.9. The molecule has 0 N–H and O–H groups in total. The predicted molar refractivity (Wildman–Crippen MR) is 172 cm³/mol. The molecule has 1 aliphatic rings. The Balaban J connectivity index is 0.000000258. The van der Waals surface area contributed by atoms with Crippen LogP contribution in [0.3, 0.4) is 0 Å². The third-order valence-electron chi connectivity index (χ3n) is 7.81. The van der Waals surface area contributed by atoms with Crippen LogP contribution in [0.4, 0.5) is 0 Å². The summed E-state index contributed by atoms with van der Waals surface area (Å²) in [5.74, 6) is 0.381. The van der Waals surface area contributed by atoms with Gasteiger partial charge < -0.3 is 24.8 Å². The van der Waals surface area contributed by atoms with E-state index in [0.717, 1.165) is 0 Å². The van der Waals surface area contributed by atoms with Gasteiger partial charge in [-0.2, -0.15) is 0 Å². The summed E-state index contributed by atoms with van der Waals surface area (Å²) < 4.78 is 1.42. The molecule has 0 aliphatic heterocycles. The quantitative estimate of drug-likeness (QED) is 0.251. The van der Waals surface area contributed by atoms with E-state index < -0.39 is 0 Å². The Kier molecular flexibility index (Phi) is 11.3. The topological polar surface area (TPSA) is 0 Å². The summed E-state index contributed by atoms with van der Waals surface area (Å²) in [5, 5.41) is 5.54. The van der Waals surface area contributed by atoms with E-state index in [0.29, 0.717) is 5.92 Å². The van der Waals surface area contributed by atoms with Gasteiger partial charge in [0.2, 0.25) is 0 Å². The van der Waals surface area contributed by atoms with Gasteiger partial charge in [-0.3, -0.25) is 0 Å². The SMILES string of the molecule is CC(C)(C)c1ccc2c(c1)[cH-]c1c(C3C=CC=C3)c(C(C)(C)C)ccc12.[Cl-].[Cl-].[Zr+2]=[C](c1ccccc1)c1ccccc1. The summed E-state index contributed by atoms with van der Waals surface area (Å²) in [5.41, 5.74) is 7.31. The number of allylic oxidation sites excluding steroid dienone is 4. The van der Waals surface area contributed by atoms with Crippen LogP contribution >= 0.6 is 0 Å². The first-order valence-corrected chi connectivity index (χ1v) is 15.5. The molecule has 5 aromatic carbocycles. The Morgan fingerprint density at radius 1 is 0.643 bits per heavy atom. The number of benzene rings is 4. The Hall–Kier alpha value is -2.44. The number of fused-ring (bicyclic) bond motifs is 3. The third-order valence-corrected chi connectivity index (χ3v) is 9.23. The first-order chi connectivity index (χ1) is 19.0. The minimum absolute atomic E-state index is 0. The summed E-state index contributed by atoms with van der Waals surface area (Å²) >= 11 is 1.46. The van der Waals surface area contributed by atoms with E-state index >= 15 is 0 Å². The van der Waals surface area contributed by atoms with Gasteiger partial charge in [0, 0.05) is 0 Å². The Labute approximate surface area is 279 Å². The molecule has 1 aliphatic carbocycles. The van der Waals surface area contributed by atoms with Crippen LogP contribution in [0.1, 0.15) is 75.3 Å². The summed E-state index contributed by atoms with van der Waals surface area (Å²) in [6.07, 6.45) is 9.00. The van der Waals surface area contributed by atoms with E-state index in [9.17, 15) is 0 Å². The zero-order valence-corrected chi connectivity index (χ0v) is 29.4. The fraction of sp³-hybridized carbons (Fsp3) is 0.231. The molecular weight excluding hydrogens is 631 g/mol. The van der Waals surface area contributed by atoms with E-state index in [1.165, 1.54) is 76.8 Å². The number of hydrogen-bond acceptors (Lipinski definition) is 0. The van der Waals surface area contributed by atoms with Crippen molar-refractivity contribution in [2.45, 2.75) is 58.3 Å². The molecular formula is C39H39Cl2Zr-. The van der Waals surface area contributed by atoms with Crippen molar-refractivity contribution >= 4 is 24.8 Å². The molecule has 0 radical (unpaired) electrons. The average molecular weight is 670 g/mol. The van der Waals surface area contributed by atoms with E-state index in [4.69, 9.17) is 0 Å². The molecule has 0 amide bonds. The van der Waals surface area contributed by atoms with Gasteiger partial charge in [-0.1, -0.05) is 107 Å². The van der Waals surface area contributed by atoms with Crippen LogP contribution in [0.15, 0.2) is 121 Å². The van der Waals surface area contributed by atoms with Crippen LogP contribution in [0.5, 0.6) is 0 Å². The molecule has 0 saturated heterocycles. The summed E-state index contributed by atoms with van der Waals surface area (Å²) in [7, 11) is 0. The molecule has 3 heteroatoms. The van der Waals surface area contributed by atoms with Gasteiger partial charge in [0.1, 0.15) is 0 Å². The molecule has 6 rings (SSSR count). The van der Waals surface area contributed by atoms with Crippen LogP contribution < -0.4 is 24.8 Å². The van der Waals surface area contributed by atoms with Gasteiger partial charge in [0.05, 0.1) is 0 Å². The minimum atomic E-state index is 0. The molecule has 0 fully saturated rings. The van der Waals surface area contributed by atoms with Crippen LogP contribution in [0.2, 0.25) is 0 Å². The molecule has 0 aromatic heterocycles. The summed E-state index contributed by atoms with van der Waals surface area (Å²) in [4.78, 5) is 0. The van der Waals surface area contributed by atoms with Crippen LogP contribution in [0, 0.1) is 0 Å². The van der Waals surface area contributed by atoms with Gasteiger partial charge in [-0.15, -0.1) is 33.7 Å². The molecule has 0 heterocycles. The maximum atomic E-state index is 2.42. The van der Waals surface area contributed by atoms with Crippen LogP contribution in [-0.2, 0) is 35.1 Å². The molecule has 42 heavy (non-hydrogen) atoms. The molecule has 0 nitrogen and oxygen atoms in total. The predicted octanol–water partition coefficient (Wildman–Crippen LogP) is 4.33. The monoisotopic (exact) mass is 667 g/mol. The number of rotatable bonds is 3. The van der Waals surface area contributed by atoms with Crippen molar-refractivity contribution in [3.05, 3.63) is 149 Å². The summed E-state index contributed by atoms with van der Waals surface area (Å²) in [6.45, 7) is 13.8. The first kappa shape index (κ1) is 34.1.